The van der Waals surface area contributed by atoms with Gasteiger partial charge < -0.3 is 19.9 Å². The lowest BCUT2D eigenvalue weighted by molar-refractivity contribution is 0.120. The molecule has 1 saturated heterocycles. The number of rotatable bonds is 8. The van der Waals surface area contributed by atoms with Gasteiger partial charge in [-0.15, -0.1) is 11.3 Å². The molecule has 5 rings (SSSR count). The van der Waals surface area contributed by atoms with Crippen LogP contribution < -0.4 is 5.32 Å². The van der Waals surface area contributed by atoms with Crippen LogP contribution in [-0.4, -0.2) is 47.2 Å². The monoisotopic (exact) mass is 486 g/mol. The summed E-state index contributed by atoms with van der Waals surface area (Å²) in [4.78, 5) is 24.4. The molecular weight excluding hydrogens is 456 g/mol. The van der Waals surface area contributed by atoms with Crippen molar-refractivity contribution in [1.29, 1.82) is 0 Å². The summed E-state index contributed by atoms with van der Waals surface area (Å²) in [6, 6.07) is 19.2. The van der Waals surface area contributed by atoms with E-state index in [0.717, 1.165) is 54.3 Å². The van der Waals surface area contributed by atoms with Crippen LogP contribution in [0.2, 0.25) is 0 Å². The van der Waals surface area contributed by atoms with Gasteiger partial charge in [0.1, 0.15) is 12.4 Å². The number of para-hydroxylation sites is 1. The molecule has 7 heteroatoms. The molecule has 2 aromatic carbocycles. The number of amides is 1. The Morgan fingerprint density at radius 1 is 1.26 bits per heavy atom. The van der Waals surface area contributed by atoms with E-state index in [-0.39, 0.29) is 12.7 Å². The third-order valence-electron chi connectivity index (χ3n) is 6.40. The van der Waals surface area contributed by atoms with E-state index in [9.17, 15) is 4.79 Å². The number of likely N-dealkylation sites (tertiary alicyclic amines) is 1. The van der Waals surface area contributed by atoms with Crippen molar-refractivity contribution >= 4 is 28.5 Å². The highest BCUT2D eigenvalue weighted by Crippen LogP contribution is 2.34. The third kappa shape index (κ3) is 5.31. The minimum Gasteiger partial charge on any atom is -0.445 e. The van der Waals surface area contributed by atoms with Gasteiger partial charge >= 0.3 is 6.09 Å². The van der Waals surface area contributed by atoms with E-state index in [1.54, 1.807) is 22.3 Å². The topological polar surface area (TPSA) is 70.2 Å². The molecule has 1 unspecified atom stereocenters. The van der Waals surface area contributed by atoms with Crippen molar-refractivity contribution in [1.82, 2.24) is 20.2 Å². The third-order valence-corrected chi connectivity index (χ3v) is 7.54. The standard InChI is InChI=1S/C28H30N4O2S/c1-3-14-34-28(33)32-13-12-21(18-32)17-29-16-20-7-5-8-22(15-20)24-10-11-25(35-24)27-30-23-9-4-6-19(2)26(23)31-27/h3-11,15,21,29H,1,12-14,16-18H2,2H3,(H,30,31). The van der Waals surface area contributed by atoms with E-state index in [1.807, 2.05) is 0 Å². The molecule has 1 aliphatic rings. The summed E-state index contributed by atoms with van der Waals surface area (Å²) in [5.41, 5.74) is 5.74. The van der Waals surface area contributed by atoms with Crippen LogP contribution in [0, 0.1) is 12.8 Å². The van der Waals surface area contributed by atoms with Gasteiger partial charge in [-0.1, -0.05) is 43.0 Å². The smallest absolute Gasteiger partial charge is 0.410 e. The van der Waals surface area contributed by atoms with E-state index < -0.39 is 0 Å². The largest absolute Gasteiger partial charge is 0.445 e. The molecule has 1 atom stereocenters. The quantitative estimate of drug-likeness (QED) is 0.300. The van der Waals surface area contributed by atoms with Crippen LogP contribution in [0.5, 0.6) is 0 Å². The fourth-order valence-electron chi connectivity index (χ4n) is 4.55. The average molecular weight is 487 g/mol. The first kappa shape index (κ1) is 23.3. The Balaban J connectivity index is 1.18. The fraction of sp³-hybridized carbons (Fsp3) is 0.286. The van der Waals surface area contributed by atoms with Gasteiger partial charge in [-0.2, -0.15) is 0 Å². The Labute approximate surface area is 209 Å². The van der Waals surface area contributed by atoms with Crippen molar-refractivity contribution in [2.75, 3.05) is 26.2 Å². The first-order chi connectivity index (χ1) is 17.1. The second-order valence-corrected chi connectivity index (χ2v) is 10.1. The molecule has 3 heterocycles. The Bertz CT molecular complexity index is 1340. The van der Waals surface area contributed by atoms with Gasteiger partial charge in [0.2, 0.25) is 0 Å². The Hall–Kier alpha value is -3.42. The number of nitrogens with one attached hydrogen (secondary N) is 2. The molecule has 4 aromatic rings. The molecule has 0 bridgehead atoms. The number of carbonyl (C=O) groups excluding carboxylic acids is 1. The number of benzene rings is 2. The molecule has 0 aliphatic carbocycles. The van der Waals surface area contributed by atoms with Crippen molar-refractivity contribution in [3.05, 3.63) is 78.4 Å². The van der Waals surface area contributed by atoms with Gasteiger partial charge in [-0.05, 0) is 60.2 Å². The Morgan fingerprint density at radius 3 is 2.97 bits per heavy atom. The lowest BCUT2D eigenvalue weighted by atomic mass is 10.1. The van der Waals surface area contributed by atoms with Crippen LogP contribution in [0.15, 0.2) is 67.3 Å². The highest BCUT2D eigenvalue weighted by Gasteiger charge is 2.26. The predicted molar refractivity (Wildman–Crippen MR) is 143 cm³/mol. The van der Waals surface area contributed by atoms with Crippen LogP contribution in [0.1, 0.15) is 17.5 Å². The normalized spacial score (nSPS) is 15.6. The zero-order chi connectivity index (χ0) is 24.2. The van der Waals surface area contributed by atoms with Gasteiger partial charge in [0.25, 0.3) is 0 Å². The second kappa shape index (κ2) is 10.5. The predicted octanol–water partition coefficient (Wildman–Crippen LogP) is 6.00. The van der Waals surface area contributed by atoms with Crippen LogP contribution >= 0.6 is 11.3 Å². The number of hydrogen-bond acceptors (Lipinski definition) is 5. The second-order valence-electron chi connectivity index (χ2n) is 9.02. The summed E-state index contributed by atoms with van der Waals surface area (Å²) in [6.45, 7) is 9.11. The fourth-order valence-corrected chi connectivity index (χ4v) is 5.50. The number of nitrogens with zero attached hydrogens (tertiary/aromatic N) is 2. The summed E-state index contributed by atoms with van der Waals surface area (Å²) in [6.07, 6.45) is 2.35. The number of H-pyrrole nitrogens is 1. The summed E-state index contributed by atoms with van der Waals surface area (Å²) >= 11 is 1.75. The molecule has 180 valence electrons. The summed E-state index contributed by atoms with van der Waals surface area (Å²) < 4.78 is 5.15. The number of aromatic nitrogens is 2. The van der Waals surface area contributed by atoms with E-state index in [4.69, 9.17) is 9.72 Å². The van der Waals surface area contributed by atoms with Crippen LogP contribution in [0.25, 0.3) is 32.2 Å². The molecule has 0 radical (unpaired) electrons. The van der Waals surface area contributed by atoms with Crippen molar-refractivity contribution < 1.29 is 9.53 Å². The molecule has 1 aliphatic heterocycles. The maximum absolute atomic E-state index is 12.0. The number of imidazole rings is 1. The van der Waals surface area contributed by atoms with E-state index >= 15 is 0 Å². The molecule has 0 spiro atoms. The zero-order valence-electron chi connectivity index (χ0n) is 19.9. The average Bonchev–Trinajstić information content (AvgIpc) is 3.62. The SMILES string of the molecule is C=CCOC(=O)N1CCC(CNCc2cccc(-c3ccc(-c4nc5c(C)cccc5[nH]4)s3)c2)C1. The van der Waals surface area contributed by atoms with Crippen LogP contribution in [-0.2, 0) is 11.3 Å². The number of aromatic amines is 1. The number of thiophene rings is 1. The lowest BCUT2D eigenvalue weighted by Crippen LogP contribution is -2.31. The lowest BCUT2D eigenvalue weighted by Gasteiger charge is -2.16. The van der Waals surface area contributed by atoms with Crippen molar-refractivity contribution in [3.63, 3.8) is 0 Å². The zero-order valence-corrected chi connectivity index (χ0v) is 20.7. The van der Waals surface area contributed by atoms with E-state index in [2.05, 4.69) is 78.4 Å². The molecular formula is C28H30N4O2S. The minimum absolute atomic E-state index is 0.242. The maximum atomic E-state index is 12.0. The molecule has 35 heavy (non-hydrogen) atoms. The summed E-state index contributed by atoms with van der Waals surface area (Å²) in [5, 5.41) is 3.57. The van der Waals surface area contributed by atoms with E-state index in [1.165, 1.54) is 21.6 Å². The first-order valence-corrected chi connectivity index (χ1v) is 12.8. The van der Waals surface area contributed by atoms with Crippen LogP contribution in [0.4, 0.5) is 4.79 Å². The first-order valence-electron chi connectivity index (χ1n) is 12.0. The van der Waals surface area contributed by atoms with Gasteiger partial charge in [0.05, 0.1) is 15.9 Å². The summed E-state index contributed by atoms with van der Waals surface area (Å²) in [5.74, 6) is 1.36. The van der Waals surface area contributed by atoms with Gasteiger partial charge in [0.15, 0.2) is 0 Å². The van der Waals surface area contributed by atoms with Crippen molar-refractivity contribution in [3.8, 4) is 21.1 Å². The Kier molecular flexibility index (Phi) is 6.97. The molecule has 1 fully saturated rings. The van der Waals surface area contributed by atoms with Gasteiger partial charge in [-0.3, -0.25) is 0 Å². The highest BCUT2D eigenvalue weighted by molar-refractivity contribution is 7.18. The maximum Gasteiger partial charge on any atom is 0.410 e. The summed E-state index contributed by atoms with van der Waals surface area (Å²) in [7, 11) is 0. The van der Waals surface area contributed by atoms with Crippen molar-refractivity contribution in [2.24, 2.45) is 5.92 Å². The van der Waals surface area contributed by atoms with Crippen LogP contribution in [0.3, 0.4) is 0 Å². The molecule has 1 amide bonds. The Morgan fingerprint density at radius 2 is 2.11 bits per heavy atom. The number of hydrogen-bond donors (Lipinski definition) is 2. The number of aryl methyl sites for hydroxylation is 1. The molecule has 6 nitrogen and oxygen atoms in total. The molecule has 2 N–H and O–H groups in total. The molecule has 2 aromatic heterocycles. The molecule has 0 saturated carbocycles. The number of carbonyl (C=O) groups is 1. The van der Waals surface area contributed by atoms with Gasteiger partial charge in [0, 0.05) is 31.1 Å². The minimum atomic E-state index is -0.242. The highest BCUT2D eigenvalue weighted by atomic mass is 32.1. The van der Waals surface area contributed by atoms with Crippen molar-refractivity contribution in [2.45, 2.75) is 19.9 Å². The van der Waals surface area contributed by atoms with Gasteiger partial charge in [-0.25, -0.2) is 9.78 Å². The number of ether oxygens (including phenoxy) is 1. The van der Waals surface area contributed by atoms with E-state index in [0.29, 0.717) is 5.92 Å². The number of fused-ring (bicyclic) bond motifs is 1.